The lowest BCUT2D eigenvalue weighted by Crippen LogP contribution is -2.47. The van der Waals surface area contributed by atoms with Crippen LogP contribution in [0.3, 0.4) is 0 Å². The molecule has 5 nitrogen and oxygen atoms in total. The van der Waals surface area contributed by atoms with Crippen molar-refractivity contribution in [2.45, 2.75) is 64.0 Å². The Kier molecular flexibility index (Phi) is 6.12. The highest BCUT2D eigenvalue weighted by Gasteiger charge is 2.26. The first-order chi connectivity index (χ1) is 8.54. The van der Waals surface area contributed by atoms with E-state index in [1.54, 1.807) is 0 Å². The molecular weight excluding hydrogens is 230 g/mol. The molecule has 18 heavy (non-hydrogen) atoms. The monoisotopic (exact) mass is 255 g/mol. The molecule has 1 saturated carbocycles. The highest BCUT2D eigenvalue weighted by atomic mass is 16.2. The topological polar surface area (TPSA) is 98.2 Å². The second-order valence-electron chi connectivity index (χ2n) is 5.21. The summed E-state index contributed by atoms with van der Waals surface area (Å²) in [5.74, 6) is -0.308. The molecule has 0 aromatic carbocycles. The average Bonchev–Trinajstić information content (AvgIpc) is 2.36. The van der Waals surface area contributed by atoms with Crippen LogP contribution < -0.4 is 16.8 Å². The van der Waals surface area contributed by atoms with Crippen molar-refractivity contribution in [3.05, 3.63) is 0 Å². The number of nitrogens with two attached hydrogens (primary N) is 2. The second kappa shape index (κ2) is 7.36. The summed E-state index contributed by atoms with van der Waals surface area (Å²) < 4.78 is 0. The predicted molar refractivity (Wildman–Crippen MR) is 70.6 cm³/mol. The molecule has 0 saturated heterocycles. The van der Waals surface area contributed by atoms with Crippen LogP contribution in [0.25, 0.3) is 0 Å². The Morgan fingerprint density at radius 2 is 1.89 bits per heavy atom. The molecule has 1 aliphatic rings. The average molecular weight is 255 g/mol. The van der Waals surface area contributed by atoms with Gasteiger partial charge in [0.25, 0.3) is 0 Å². The lowest BCUT2D eigenvalue weighted by Gasteiger charge is -2.28. The van der Waals surface area contributed by atoms with Gasteiger partial charge in [0.1, 0.15) is 0 Å². The van der Waals surface area contributed by atoms with E-state index in [-0.39, 0.29) is 23.8 Å². The molecule has 1 fully saturated rings. The van der Waals surface area contributed by atoms with Gasteiger partial charge in [-0.3, -0.25) is 9.59 Å². The number of carbonyl (C=O) groups is 2. The molecule has 0 aromatic heterocycles. The van der Waals surface area contributed by atoms with Crippen molar-refractivity contribution in [2.75, 3.05) is 0 Å². The van der Waals surface area contributed by atoms with Crippen molar-refractivity contribution < 1.29 is 9.59 Å². The number of amides is 2. The zero-order chi connectivity index (χ0) is 13.5. The molecule has 104 valence electrons. The van der Waals surface area contributed by atoms with E-state index in [2.05, 4.69) is 12.2 Å². The van der Waals surface area contributed by atoms with E-state index in [9.17, 15) is 9.59 Å². The molecule has 2 amide bonds. The van der Waals surface area contributed by atoms with Crippen LogP contribution in [-0.4, -0.2) is 23.9 Å². The third-order valence-corrected chi connectivity index (χ3v) is 3.68. The van der Waals surface area contributed by atoms with Crippen molar-refractivity contribution in [3.8, 4) is 0 Å². The van der Waals surface area contributed by atoms with Gasteiger partial charge in [0.05, 0.1) is 6.04 Å². The van der Waals surface area contributed by atoms with E-state index < -0.39 is 6.04 Å². The van der Waals surface area contributed by atoms with Gasteiger partial charge in [-0.15, -0.1) is 0 Å². The van der Waals surface area contributed by atoms with E-state index in [0.29, 0.717) is 0 Å². The fourth-order valence-electron chi connectivity index (χ4n) is 2.39. The minimum atomic E-state index is -0.404. The Morgan fingerprint density at radius 3 is 2.39 bits per heavy atom. The van der Waals surface area contributed by atoms with E-state index in [1.165, 1.54) is 0 Å². The fourth-order valence-corrected chi connectivity index (χ4v) is 2.39. The SMILES string of the molecule is CCCC[C@H](N)C(=O)NC1CCC(C(N)=O)CC1. The Bertz CT molecular complexity index is 286. The van der Waals surface area contributed by atoms with Gasteiger partial charge in [-0.1, -0.05) is 19.8 Å². The molecule has 1 rings (SSSR count). The van der Waals surface area contributed by atoms with Gasteiger partial charge in [-0.05, 0) is 32.1 Å². The number of nitrogens with one attached hydrogen (secondary N) is 1. The van der Waals surface area contributed by atoms with Gasteiger partial charge in [0, 0.05) is 12.0 Å². The summed E-state index contributed by atoms with van der Waals surface area (Å²) in [5.41, 5.74) is 11.1. The molecule has 5 heteroatoms. The van der Waals surface area contributed by atoms with E-state index >= 15 is 0 Å². The molecule has 0 heterocycles. The Labute approximate surface area is 109 Å². The molecule has 0 unspecified atom stereocenters. The van der Waals surface area contributed by atoms with Crippen molar-refractivity contribution in [1.29, 1.82) is 0 Å². The first kappa shape index (κ1) is 15.0. The van der Waals surface area contributed by atoms with E-state index in [4.69, 9.17) is 11.5 Å². The fraction of sp³-hybridized carbons (Fsp3) is 0.846. The number of hydrogen-bond acceptors (Lipinski definition) is 3. The summed E-state index contributed by atoms with van der Waals surface area (Å²) in [6.07, 6.45) is 5.93. The van der Waals surface area contributed by atoms with Crippen molar-refractivity contribution in [2.24, 2.45) is 17.4 Å². The number of rotatable bonds is 6. The summed E-state index contributed by atoms with van der Waals surface area (Å²) in [7, 11) is 0. The van der Waals surface area contributed by atoms with Crippen LogP contribution in [0.4, 0.5) is 0 Å². The largest absolute Gasteiger partial charge is 0.369 e. The summed E-state index contributed by atoms with van der Waals surface area (Å²) >= 11 is 0. The Balaban J connectivity index is 2.27. The van der Waals surface area contributed by atoms with Crippen LogP contribution in [0.5, 0.6) is 0 Å². The Hall–Kier alpha value is -1.10. The quantitative estimate of drug-likeness (QED) is 0.650. The lowest BCUT2D eigenvalue weighted by molar-refractivity contribution is -0.124. The lowest BCUT2D eigenvalue weighted by atomic mass is 9.85. The molecule has 1 atom stereocenters. The summed E-state index contributed by atoms with van der Waals surface area (Å²) in [5, 5.41) is 2.97. The van der Waals surface area contributed by atoms with Crippen LogP contribution in [-0.2, 0) is 9.59 Å². The summed E-state index contributed by atoms with van der Waals surface area (Å²) in [4.78, 5) is 22.8. The van der Waals surface area contributed by atoms with Gasteiger partial charge in [0.2, 0.25) is 11.8 Å². The molecule has 0 aliphatic heterocycles. The number of carbonyl (C=O) groups excluding carboxylic acids is 2. The van der Waals surface area contributed by atoms with Crippen LogP contribution in [0, 0.1) is 5.92 Å². The minimum Gasteiger partial charge on any atom is -0.369 e. The summed E-state index contributed by atoms with van der Waals surface area (Å²) in [6.45, 7) is 2.08. The van der Waals surface area contributed by atoms with Crippen LogP contribution in [0.15, 0.2) is 0 Å². The maximum Gasteiger partial charge on any atom is 0.237 e. The van der Waals surface area contributed by atoms with E-state index in [0.717, 1.165) is 44.9 Å². The first-order valence-electron chi connectivity index (χ1n) is 6.89. The van der Waals surface area contributed by atoms with Crippen molar-refractivity contribution in [1.82, 2.24) is 5.32 Å². The predicted octanol–water partition coefficient (Wildman–Crippen LogP) is 0.664. The zero-order valence-electron chi connectivity index (χ0n) is 11.2. The Morgan fingerprint density at radius 1 is 1.28 bits per heavy atom. The van der Waals surface area contributed by atoms with Crippen molar-refractivity contribution >= 4 is 11.8 Å². The van der Waals surface area contributed by atoms with Crippen molar-refractivity contribution in [3.63, 3.8) is 0 Å². The second-order valence-corrected chi connectivity index (χ2v) is 5.21. The standard InChI is InChI=1S/C13H25N3O2/c1-2-3-4-11(14)13(18)16-10-7-5-9(6-8-10)12(15)17/h9-11H,2-8,14H2,1H3,(H2,15,17)(H,16,18)/t9?,10?,11-/m0/s1. The molecule has 0 spiro atoms. The molecule has 0 bridgehead atoms. The maximum absolute atomic E-state index is 11.8. The van der Waals surface area contributed by atoms with Gasteiger partial charge < -0.3 is 16.8 Å². The molecule has 1 aliphatic carbocycles. The zero-order valence-corrected chi connectivity index (χ0v) is 11.2. The third-order valence-electron chi connectivity index (χ3n) is 3.68. The van der Waals surface area contributed by atoms with Gasteiger partial charge >= 0.3 is 0 Å². The highest BCUT2D eigenvalue weighted by Crippen LogP contribution is 2.23. The summed E-state index contributed by atoms with van der Waals surface area (Å²) in [6, 6.07) is -0.250. The number of hydrogen-bond donors (Lipinski definition) is 3. The molecule has 5 N–H and O–H groups in total. The third kappa shape index (κ3) is 4.64. The molecule has 0 aromatic rings. The molecular formula is C13H25N3O2. The molecule has 0 radical (unpaired) electrons. The van der Waals surface area contributed by atoms with Crippen LogP contribution in [0.1, 0.15) is 51.9 Å². The number of primary amides is 1. The minimum absolute atomic E-state index is 0.0214. The van der Waals surface area contributed by atoms with Gasteiger partial charge in [-0.25, -0.2) is 0 Å². The van der Waals surface area contributed by atoms with Crippen LogP contribution >= 0.6 is 0 Å². The smallest absolute Gasteiger partial charge is 0.237 e. The highest BCUT2D eigenvalue weighted by molar-refractivity contribution is 5.81. The first-order valence-corrected chi connectivity index (χ1v) is 6.89. The van der Waals surface area contributed by atoms with E-state index in [1.807, 2.05) is 0 Å². The number of unbranched alkanes of at least 4 members (excludes halogenated alkanes) is 1. The van der Waals surface area contributed by atoms with Gasteiger partial charge in [0.15, 0.2) is 0 Å². The van der Waals surface area contributed by atoms with Crippen LogP contribution in [0.2, 0.25) is 0 Å². The maximum atomic E-state index is 11.8. The van der Waals surface area contributed by atoms with Gasteiger partial charge in [-0.2, -0.15) is 0 Å². The normalized spacial score (nSPS) is 25.4.